The Balaban J connectivity index is 1.32. The summed E-state index contributed by atoms with van der Waals surface area (Å²) in [5, 5.41) is 12.2. The molecule has 0 fully saturated rings. The summed E-state index contributed by atoms with van der Waals surface area (Å²) in [5.41, 5.74) is 3.03. The molecule has 0 saturated heterocycles. The summed E-state index contributed by atoms with van der Waals surface area (Å²) < 4.78 is 11.3. The lowest BCUT2D eigenvalue weighted by molar-refractivity contribution is 0.0802. The molecular weight excluding hydrogens is 402 g/mol. The minimum atomic E-state index is -0.251. The van der Waals surface area contributed by atoms with Crippen molar-refractivity contribution in [2.45, 2.75) is 39.0 Å². The quantitative estimate of drug-likeness (QED) is 0.606. The van der Waals surface area contributed by atoms with Crippen LogP contribution in [-0.4, -0.2) is 29.4 Å². The van der Waals surface area contributed by atoms with Crippen LogP contribution in [0.2, 0.25) is 0 Å². The maximum atomic E-state index is 12.7. The molecule has 0 aliphatic carbocycles. The predicted molar refractivity (Wildman–Crippen MR) is 121 cm³/mol. The van der Waals surface area contributed by atoms with Gasteiger partial charge in [-0.3, -0.25) is 9.69 Å². The van der Waals surface area contributed by atoms with E-state index in [1.165, 1.54) is 11.1 Å². The fourth-order valence-corrected chi connectivity index (χ4v) is 3.92. The monoisotopic (exact) mass is 429 g/mol. The Labute approximate surface area is 188 Å². The van der Waals surface area contributed by atoms with Crippen molar-refractivity contribution in [3.8, 4) is 11.8 Å². The van der Waals surface area contributed by atoms with Gasteiger partial charge in [0.25, 0.3) is 5.91 Å². The van der Waals surface area contributed by atoms with Gasteiger partial charge in [-0.05, 0) is 55.7 Å². The number of hydrogen-bond acceptors (Lipinski definition) is 5. The number of furan rings is 1. The Morgan fingerprint density at radius 3 is 2.69 bits per heavy atom. The molecule has 164 valence electrons. The summed E-state index contributed by atoms with van der Waals surface area (Å²) >= 11 is 0. The van der Waals surface area contributed by atoms with Gasteiger partial charge < -0.3 is 14.5 Å². The molecule has 1 N–H and O–H groups in total. The van der Waals surface area contributed by atoms with E-state index in [2.05, 4.69) is 54.4 Å². The van der Waals surface area contributed by atoms with Crippen LogP contribution in [0, 0.1) is 11.3 Å². The van der Waals surface area contributed by atoms with Gasteiger partial charge >= 0.3 is 0 Å². The first-order valence-electron chi connectivity index (χ1n) is 10.8. The third-order valence-electron chi connectivity index (χ3n) is 5.93. The van der Waals surface area contributed by atoms with Crippen LogP contribution in [0.1, 0.15) is 46.9 Å². The molecule has 0 spiro atoms. The molecule has 3 aromatic rings. The van der Waals surface area contributed by atoms with Crippen LogP contribution in [0.25, 0.3) is 0 Å². The second-order valence-electron chi connectivity index (χ2n) is 8.60. The van der Waals surface area contributed by atoms with Crippen LogP contribution in [0.4, 0.5) is 0 Å². The summed E-state index contributed by atoms with van der Waals surface area (Å²) in [6.07, 6.45) is 1.02. The number of ether oxygens (including phenoxy) is 1. The molecule has 0 saturated carbocycles. The largest absolute Gasteiger partial charge is 0.484 e. The first kappa shape index (κ1) is 21.7. The van der Waals surface area contributed by atoms with Gasteiger partial charge in [-0.2, -0.15) is 5.26 Å². The number of carbonyl (C=O) groups excluding carboxylic acids is 1. The maximum absolute atomic E-state index is 12.7. The Kier molecular flexibility index (Phi) is 6.29. The first-order chi connectivity index (χ1) is 15.5. The van der Waals surface area contributed by atoms with Crippen LogP contribution >= 0.6 is 0 Å². The topological polar surface area (TPSA) is 78.5 Å². The Morgan fingerprint density at radius 2 is 1.88 bits per heavy atom. The molecule has 1 amide bonds. The highest BCUT2D eigenvalue weighted by Gasteiger charge is 2.30. The summed E-state index contributed by atoms with van der Waals surface area (Å²) in [6.45, 7) is 6.79. The molecule has 32 heavy (non-hydrogen) atoms. The van der Waals surface area contributed by atoms with E-state index in [-0.39, 0.29) is 23.8 Å². The molecule has 0 unspecified atom stereocenters. The molecule has 6 nitrogen and oxygen atoms in total. The van der Waals surface area contributed by atoms with Gasteiger partial charge in [0.15, 0.2) is 5.76 Å². The molecule has 0 radical (unpaired) electrons. The molecule has 6 heteroatoms. The van der Waals surface area contributed by atoms with Gasteiger partial charge in [-0.1, -0.05) is 36.4 Å². The van der Waals surface area contributed by atoms with Gasteiger partial charge in [0.2, 0.25) is 0 Å². The van der Waals surface area contributed by atoms with Crippen LogP contribution in [-0.2, 0) is 19.6 Å². The Bertz CT molecular complexity index is 1140. The normalized spacial score (nSPS) is 13.8. The molecular formula is C26H27N3O3. The number of rotatable bonds is 7. The number of amides is 1. The smallest absolute Gasteiger partial charge is 0.287 e. The number of hydrogen-bond donors (Lipinski definition) is 1. The number of carbonyl (C=O) groups is 1. The lowest BCUT2D eigenvalue weighted by atomic mass is 9.94. The highest BCUT2D eigenvalue weighted by molar-refractivity contribution is 5.91. The minimum Gasteiger partial charge on any atom is -0.484 e. The zero-order valence-electron chi connectivity index (χ0n) is 18.4. The standard InChI is InChI=1S/C26H27N3O3/c1-26(2,29-14-13-19-7-3-4-9-21(19)16-29)18-28-25(30)24-12-11-22(32-24)17-31-23-10-6-5-8-20(23)15-27/h3-12H,13-14,16-18H2,1-2H3,(H,28,30). The number of fused-ring (bicyclic) bond motifs is 1. The lowest BCUT2D eigenvalue weighted by Gasteiger charge is -2.41. The fourth-order valence-electron chi connectivity index (χ4n) is 3.92. The average molecular weight is 430 g/mol. The van der Waals surface area contributed by atoms with Crippen LogP contribution in [0.15, 0.2) is 65.1 Å². The Morgan fingerprint density at radius 1 is 1.12 bits per heavy atom. The number of nitrogens with zero attached hydrogens (tertiary/aromatic N) is 2. The first-order valence-corrected chi connectivity index (χ1v) is 10.8. The summed E-state index contributed by atoms with van der Waals surface area (Å²) in [7, 11) is 0. The Hall–Kier alpha value is -3.56. The summed E-state index contributed by atoms with van der Waals surface area (Å²) in [4.78, 5) is 15.1. The second kappa shape index (κ2) is 9.29. The van der Waals surface area contributed by atoms with E-state index in [1.807, 2.05) is 0 Å². The van der Waals surface area contributed by atoms with E-state index >= 15 is 0 Å². The SMILES string of the molecule is CC(C)(CNC(=O)c1ccc(COc2ccccc2C#N)o1)N1CCc2ccccc2C1. The van der Waals surface area contributed by atoms with Gasteiger partial charge in [0, 0.05) is 25.2 Å². The van der Waals surface area contributed by atoms with E-state index in [9.17, 15) is 4.79 Å². The highest BCUT2D eigenvalue weighted by atomic mass is 16.5. The van der Waals surface area contributed by atoms with Gasteiger partial charge in [0.1, 0.15) is 24.2 Å². The maximum Gasteiger partial charge on any atom is 0.287 e. The van der Waals surface area contributed by atoms with Crippen molar-refractivity contribution in [2.24, 2.45) is 0 Å². The number of para-hydroxylation sites is 1. The van der Waals surface area contributed by atoms with Crippen molar-refractivity contribution >= 4 is 5.91 Å². The van der Waals surface area contributed by atoms with Gasteiger partial charge in [0.05, 0.1) is 5.56 Å². The summed E-state index contributed by atoms with van der Waals surface area (Å²) in [5.74, 6) is 1.01. The van der Waals surface area contributed by atoms with Crippen molar-refractivity contribution < 1.29 is 13.9 Å². The highest BCUT2D eigenvalue weighted by Crippen LogP contribution is 2.25. The molecule has 0 atom stereocenters. The van der Waals surface area contributed by atoms with Crippen LogP contribution in [0.5, 0.6) is 5.75 Å². The number of nitriles is 1. The zero-order chi connectivity index (χ0) is 22.6. The van der Waals surface area contributed by atoms with E-state index in [4.69, 9.17) is 14.4 Å². The van der Waals surface area contributed by atoms with Crippen LogP contribution < -0.4 is 10.1 Å². The van der Waals surface area contributed by atoms with Crippen molar-refractivity contribution in [2.75, 3.05) is 13.1 Å². The fraction of sp³-hybridized carbons (Fsp3) is 0.308. The molecule has 1 aliphatic heterocycles. The van der Waals surface area contributed by atoms with Crippen molar-refractivity contribution in [3.63, 3.8) is 0 Å². The predicted octanol–water partition coefficient (Wildman–Crippen LogP) is 4.30. The number of benzene rings is 2. The lowest BCUT2D eigenvalue weighted by Crippen LogP contribution is -2.53. The van der Waals surface area contributed by atoms with E-state index in [0.29, 0.717) is 23.6 Å². The van der Waals surface area contributed by atoms with Gasteiger partial charge in [-0.15, -0.1) is 0 Å². The van der Waals surface area contributed by atoms with E-state index in [1.54, 1.807) is 36.4 Å². The third-order valence-corrected chi connectivity index (χ3v) is 5.93. The summed E-state index contributed by atoms with van der Waals surface area (Å²) in [6, 6.07) is 21.0. The molecule has 4 rings (SSSR count). The zero-order valence-corrected chi connectivity index (χ0v) is 18.4. The van der Waals surface area contributed by atoms with Crippen molar-refractivity contribution in [1.82, 2.24) is 10.2 Å². The van der Waals surface area contributed by atoms with Crippen LogP contribution in [0.3, 0.4) is 0 Å². The average Bonchev–Trinajstić information content (AvgIpc) is 3.30. The van der Waals surface area contributed by atoms with E-state index < -0.39 is 0 Å². The number of nitrogens with one attached hydrogen (secondary N) is 1. The molecule has 2 aromatic carbocycles. The van der Waals surface area contributed by atoms with Crippen molar-refractivity contribution in [1.29, 1.82) is 5.26 Å². The molecule has 1 aliphatic rings. The molecule has 1 aromatic heterocycles. The third kappa shape index (κ3) is 4.84. The molecule has 0 bridgehead atoms. The minimum absolute atomic E-state index is 0.144. The van der Waals surface area contributed by atoms with Crippen molar-refractivity contribution in [3.05, 3.63) is 88.9 Å². The van der Waals surface area contributed by atoms with E-state index in [0.717, 1.165) is 19.5 Å². The van der Waals surface area contributed by atoms with Gasteiger partial charge in [-0.25, -0.2) is 0 Å². The molecule has 2 heterocycles. The second-order valence-corrected chi connectivity index (χ2v) is 8.60.